The van der Waals surface area contributed by atoms with Crippen LogP contribution in [0.15, 0.2) is 29.1 Å². The van der Waals surface area contributed by atoms with Crippen molar-refractivity contribution in [2.24, 2.45) is 5.73 Å². The number of methoxy groups -OCH3 is 1. The Morgan fingerprint density at radius 3 is 2.83 bits per heavy atom. The van der Waals surface area contributed by atoms with Gasteiger partial charge in [0.05, 0.1) is 12.8 Å². The first-order chi connectivity index (χ1) is 8.65. The van der Waals surface area contributed by atoms with E-state index in [4.69, 9.17) is 10.5 Å². The molecular formula is C13H15N3O2. The van der Waals surface area contributed by atoms with E-state index in [1.165, 1.54) is 0 Å². The van der Waals surface area contributed by atoms with Gasteiger partial charge in [-0.1, -0.05) is 11.6 Å². The van der Waals surface area contributed by atoms with E-state index in [-0.39, 0.29) is 12.1 Å². The lowest BCUT2D eigenvalue weighted by molar-refractivity contribution is 0.416. The van der Waals surface area contributed by atoms with Crippen LogP contribution in [0.1, 0.15) is 11.1 Å². The van der Waals surface area contributed by atoms with Gasteiger partial charge in [0.1, 0.15) is 5.75 Å². The molecular weight excluding hydrogens is 230 g/mol. The summed E-state index contributed by atoms with van der Waals surface area (Å²) < 4.78 is 5.30. The molecule has 0 unspecified atom stereocenters. The number of aromatic nitrogens is 2. The molecule has 1 aromatic heterocycles. The zero-order chi connectivity index (χ0) is 13.1. The first kappa shape index (κ1) is 12.3. The number of benzene rings is 1. The van der Waals surface area contributed by atoms with Crippen LogP contribution in [0.4, 0.5) is 0 Å². The van der Waals surface area contributed by atoms with E-state index in [1.54, 1.807) is 13.2 Å². The zero-order valence-corrected chi connectivity index (χ0v) is 10.4. The minimum absolute atomic E-state index is 0.180. The summed E-state index contributed by atoms with van der Waals surface area (Å²) in [6.07, 6.45) is 0. The number of ether oxygens (including phenoxy) is 1. The van der Waals surface area contributed by atoms with Gasteiger partial charge >= 0.3 is 0 Å². The second-order valence-corrected chi connectivity index (χ2v) is 4.02. The van der Waals surface area contributed by atoms with Crippen molar-refractivity contribution >= 4 is 0 Å². The van der Waals surface area contributed by atoms with Crippen molar-refractivity contribution in [2.45, 2.75) is 13.5 Å². The molecule has 0 saturated carbocycles. The quantitative estimate of drug-likeness (QED) is 0.851. The molecule has 18 heavy (non-hydrogen) atoms. The third-order valence-electron chi connectivity index (χ3n) is 2.73. The van der Waals surface area contributed by atoms with E-state index in [1.807, 2.05) is 25.1 Å². The summed E-state index contributed by atoms with van der Waals surface area (Å²) in [5.41, 5.74) is 8.34. The summed E-state index contributed by atoms with van der Waals surface area (Å²) in [4.78, 5) is 11.4. The number of nitrogens with one attached hydrogen (secondary N) is 1. The van der Waals surface area contributed by atoms with Crippen LogP contribution in [-0.2, 0) is 6.54 Å². The lowest BCUT2D eigenvalue weighted by Crippen LogP contribution is -2.17. The molecule has 3 N–H and O–H groups in total. The summed E-state index contributed by atoms with van der Waals surface area (Å²) in [6, 6.07) is 7.48. The van der Waals surface area contributed by atoms with E-state index in [0.717, 1.165) is 11.1 Å². The number of H-pyrrole nitrogens is 1. The van der Waals surface area contributed by atoms with Gasteiger partial charge in [-0.05, 0) is 25.1 Å². The summed E-state index contributed by atoms with van der Waals surface area (Å²) in [6.45, 7) is 2.16. The molecule has 2 aromatic rings. The van der Waals surface area contributed by atoms with Crippen LogP contribution in [0.2, 0.25) is 0 Å². The highest BCUT2D eigenvalue weighted by Gasteiger charge is 2.09. The maximum Gasteiger partial charge on any atom is 0.268 e. The Morgan fingerprint density at radius 1 is 1.39 bits per heavy atom. The normalized spacial score (nSPS) is 10.4. The lowest BCUT2D eigenvalue weighted by Gasteiger charge is -2.09. The molecule has 2 rings (SSSR count). The summed E-state index contributed by atoms with van der Waals surface area (Å²) in [5.74, 6) is 0.711. The number of nitrogens with two attached hydrogens (primary N) is 1. The van der Waals surface area contributed by atoms with Gasteiger partial charge < -0.3 is 10.5 Å². The SMILES string of the molecule is COc1ccc(C)cc1-c1cc(CN)c(=O)[nH]n1. The first-order valence-corrected chi connectivity index (χ1v) is 5.59. The highest BCUT2D eigenvalue weighted by Crippen LogP contribution is 2.28. The number of rotatable bonds is 3. The molecule has 0 atom stereocenters. The number of nitrogens with zero attached hydrogens (tertiary/aromatic N) is 1. The Morgan fingerprint density at radius 2 is 2.17 bits per heavy atom. The number of hydrogen-bond donors (Lipinski definition) is 2. The van der Waals surface area contributed by atoms with Gasteiger partial charge in [-0.3, -0.25) is 4.79 Å². The van der Waals surface area contributed by atoms with Crippen molar-refractivity contribution in [3.63, 3.8) is 0 Å². The fourth-order valence-electron chi connectivity index (χ4n) is 1.76. The predicted octanol–water partition coefficient (Wildman–Crippen LogP) is 1.21. The van der Waals surface area contributed by atoms with Crippen LogP contribution in [0.25, 0.3) is 11.3 Å². The molecule has 0 bridgehead atoms. The molecule has 0 saturated heterocycles. The number of hydrogen-bond acceptors (Lipinski definition) is 4. The van der Waals surface area contributed by atoms with Crippen molar-refractivity contribution in [1.82, 2.24) is 10.2 Å². The molecule has 0 amide bonds. The molecule has 5 nitrogen and oxygen atoms in total. The average Bonchev–Trinajstić information content (AvgIpc) is 2.39. The summed E-state index contributed by atoms with van der Waals surface area (Å²) >= 11 is 0. The second kappa shape index (κ2) is 5.01. The van der Waals surface area contributed by atoms with Crippen molar-refractivity contribution < 1.29 is 4.74 Å². The van der Waals surface area contributed by atoms with E-state index < -0.39 is 0 Å². The fourth-order valence-corrected chi connectivity index (χ4v) is 1.76. The smallest absolute Gasteiger partial charge is 0.268 e. The monoisotopic (exact) mass is 245 g/mol. The van der Waals surface area contributed by atoms with E-state index in [0.29, 0.717) is 17.0 Å². The minimum Gasteiger partial charge on any atom is -0.496 e. The molecule has 0 fully saturated rings. The molecule has 0 aliphatic carbocycles. The van der Waals surface area contributed by atoms with Gasteiger partial charge in [-0.25, -0.2) is 5.10 Å². The molecule has 94 valence electrons. The maximum absolute atomic E-state index is 11.4. The van der Waals surface area contributed by atoms with Gasteiger partial charge in [0.25, 0.3) is 5.56 Å². The molecule has 0 aliphatic rings. The molecule has 0 aliphatic heterocycles. The molecule has 1 aromatic carbocycles. The first-order valence-electron chi connectivity index (χ1n) is 5.59. The van der Waals surface area contributed by atoms with Crippen molar-refractivity contribution in [3.8, 4) is 17.0 Å². The number of aryl methyl sites for hydroxylation is 1. The average molecular weight is 245 g/mol. The van der Waals surface area contributed by atoms with Crippen molar-refractivity contribution in [2.75, 3.05) is 7.11 Å². The van der Waals surface area contributed by atoms with Gasteiger partial charge in [-0.2, -0.15) is 5.10 Å². The second-order valence-electron chi connectivity index (χ2n) is 4.02. The van der Waals surface area contributed by atoms with Crippen LogP contribution < -0.4 is 16.0 Å². The van der Waals surface area contributed by atoms with Crippen LogP contribution in [0.5, 0.6) is 5.75 Å². The molecule has 0 radical (unpaired) electrons. The third kappa shape index (κ3) is 2.26. The van der Waals surface area contributed by atoms with E-state index in [9.17, 15) is 4.79 Å². The Hall–Kier alpha value is -2.14. The van der Waals surface area contributed by atoms with Gasteiger partial charge in [0.2, 0.25) is 0 Å². The summed E-state index contributed by atoms with van der Waals surface area (Å²) in [7, 11) is 1.60. The third-order valence-corrected chi connectivity index (χ3v) is 2.73. The molecule has 5 heteroatoms. The van der Waals surface area contributed by atoms with Gasteiger partial charge in [0.15, 0.2) is 0 Å². The molecule has 0 spiro atoms. The largest absolute Gasteiger partial charge is 0.496 e. The highest BCUT2D eigenvalue weighted by molar-refractivity contribution is 5.68. The standard InChI is InChI=1S/C13H15N3O2/c1-8-3-4-12(18-2)10(5-8)11-6-9(7-14)13(17)16-15-11/h3-6H,7,14H2,1-2H3,(H,16,17). The van der Waals surface area contributed by atoms with E-state index >= 15 is 0 Å². The van der Waals surface area contributed by atoms with Gasteiger partial charge in [0, 0.05) is 17.7 Å². The topological polar surface area (TPSA) is 81.0 Å². The Labute approximate surface area is 105 Å². The summed E-state index contributed by atoms with van der Waals surface area (Å²) in [5, 5.41) is 6.48. The Bertz CT molecular complexity index is 620. The van der Waals surface area contributed by atoms with Crippen LogP contribution >= 0.6 is 0 Å². The minimum atomic E-state index is -0.257. The Balaban J connectivity index is 2.61. The predicted molar refractivity (Wildman–Crippen MR) is 69.5 cm³/mol. The Kier molecular flexibility index (Phi) is 3.43. The van der Waals surface area contributed by atoms with Crippen molar-refractivity contribution in [1.29, 1.82) is 0 Å². The molecule has 1 heterocycles. The highest BCUT2D eigenvalue weighted by atomic mass is 16.5. The number of aromatic amines is 1. The van der Waals surface area contributed by atoms with Gasteiger partial charge in [-0.15, -0.1) is 0 Å². The lowest BCUT2D eigenvalue weighted by atomic mass is 10.1. The van der Waals surface area contributed by atoms with Crippen LogP contribution in [0.3, 0.4) is 0 Å². The maximum atomic E-state index is 11.4. The zero-order valence-electron chi connectivity index (χ0n) is 10.4. The van der Waals surface area contributed by atoms with E-state index in [2.05, 4.69) is 10.2 Å². The fraction of sp³-hybridized carbons (Fsp3) is 0.231. The van der Waals surface area contributed by atoms with Crippen LogP contribution in [-0.4, -0.2) is 17.3 Å². The van der Waals surface area contributed by atoms with Crippen LogP contribution in [0, 0.1) is 6.92 Å². The van der Waals surface area contributed by atoms with Crippen molar-refractivity contribution in [3.05, 3.63) is 45.7 Å².